The number of nitrogens with one attached hydrogen (secondary N) is 2. The Morgan fingerprint density at radius 2 is 2.23 bits per heavy atom. The van der Waals surface area contributed by atoms with E-state index in [1.807, 2.05) is 13.1 Å². The topological polar surface area (TPSA) is 84.8 Å². The summed E-state index contributed by atoms with van der Waals surface area (Å²) in [6.45, 7) is 1.79. The molecular formula is C20H20ClF2N5O2S. The molecule has 0 unspecified atom stereocenters. The van der Waals surface area contributed by atoms with E-state index in [2.05, 4.69) is 20.6 Å². The van der Waals surface area contributed by atoms with Gasteiger partial charge in [-0.05, 0) is 25.0 Å². The Bertz CT molecular complexity index is 1160. The first kappa shape index (κ1) is 20.7. The third-order valence-electron chi connectivity index (χ3n) is 5.80. The summed E-state index contributed by atoms with van der Waals surface area (Å²) < 4.78 is 36.8. The highest BCUT2D eigenvalue weighted by atomic mass is 35.5. The molecule has 11 heteroatoms. The summed E-state index contributed by atoms with van der Waals surface area (Å²) in [5.41, 5.74) is 0.559. The molecule has 5 rings (SSSR count). The van der Waals surface area contributed by atoms with Crippen molar-refractivity contribution >= 4 is 22.9 Å². The second-order valence-electron chi connectivity index (χ2n) is 8.21. The molecule has 2 aliphatic heterocycles. The van der Waals surface area contributed by atoms with Crippen LogP contribution in [-0.2, 0) is 22.8 Å². The number of rotatable bonds is 3. The maximum Gasteiger partial charge on any atom is 0.297 e. The Labute approximate surface area is 185 Å². The van der Waals surface area contributed by atoms with Crippen LogP contribution in [0, 0.1) is 0 Å². The van der Waals surface area contributed by atoms with Gasteiger partial charge < -0.3 is 15.0 Å². The summed E-state index contributed by atoms with van der Waals surface area (Å²) in [4.78, 5) is 14.4. The summed E-state index contributed by atoms with van der Waals surface area (Å²) in [6, 6.07) is 4.36. The minimum atomic E-state index is -3.05. The second kappa shape index (κ2) is 7.47. The number of hydrogen-bond donors (Lipinski definition) is 2. The van der Waals surface area contributed by atoms with Gasteiger partial charge in [-0.2, -0.15) is 8.78 Å². The number of H-pyrrole nitrogens is 1. The monoisotopic (exact) mass is 467 g/mol. The Morgan fingerprint density at radius 1 is 1.39 bits per heavy atom. The molecule has 1 saturated heterocycles. The molecule has 31 heavy (non-hydrogen) atoms. The van der Waals surface area contributed by atoms with Gasteiger partial charge in [0, 0.05) is 35.2 Å². The lowest BCUT2D eigenvalue weighted by molar-refractivity contribution is -0.183. The second-order valence-corrected chi connectivity index (χ2v) is 9.89. The van der Waals surface area contributed by atoms with E-state index in [0.29, 0.717) is 34.3 Å². The SMILES string of the molecule is C[C@H]1C[C@@]2(C[C@@H](c3cn(Cc4ccc(=O)[nH]c4)nn3)N1)OCC(F)(F)c1cc(Cl)sc12. The van der Waals surface area contributed by atoms with Crippen LogP contribution in [0.25, 0.3) is 0 Å². The van der Waals surface area contributed by atoms with Crippen molar-refractivity contribution in [1.82, 2.24) is 25.3 Å². The highest BCUT2D eigenvalue weighted by molar-refractivity contribution is 7.16. The molecule has 7 nitrogen and oxygen atoms in total. The number of fused-ring (bicyclic) bond motifs is 2. The van der Waals surface area contributed by atoms with Crippen LogP contribution < -0.4 is 10.9 Å². The third-order valence-corrected chi connectivity index (χ3v) is 7.25. The zero-order chi connectivity index (χ0) is 21.8. The van der Waals surface area contributed by atoms with E-state index in [-0.39, 0.29) is 23.2 Å². The van der Waals surface area contributed by atoms with Crippen molar-refractivity contribution in [3.8, 4) is 0 Å². The zero-order valence-electron chi connectivity index (χ0n) is 16.6. The molecule has 0 radical (unpaired) electrons. The smallest absolute Gasteiger partial charge is 0.297 e. The van der Waals surface area contributed by atoms with Crippen LogP contribution in [0.5, 0.6) is 0 Å². The molecule has 164 valence electrons. The summed E-state index contributed by atoms with van der Waals surface area (Å²) in [6.07, 6.45) is 4.48. The van der Waals surface area contributed by atoms with Crippen molar-refractivity contribution in [3.05, 3.63) is 67.0 Å². The highest BCUT2D eigenvalue weighted by Gasteiger charge is 2.53. The lowest BCUT2D eigenvalue weighted by atomic mass is 9.78. The van der Waals surface area contributed by atoms with Crippen molar-refractivity contribution in [1.29, 1.82) is 0 Å². The van der Waals surface area contributed by atoms with Gasteiger partial charge >= 0.3 is 0 Å². The minimum Gasteiger partial charge on any atom is -0.363 e. The van der Waals surface area contributed by atoms with E-state index in [1.165, 1.54) is 23.5 Å². The van der Waals surface area contributed by atoms with E-state index < -0.39 is 18.1 Å². The molecule has 3 aromatic heterocycles. The van der Waals surface area contributed by atoms with E-state index >= 15 is 0 Å². The number of nitrogens with zero attached hydrogens (tertiary/aromatic N) is 3. The van der Waals surface area contributed by atoms with Gasteiger partial charge in [-0.25, -0.2) is 4.68 Å². The number of ether oxygens (including phenoxy) is 1. The molecule has 0 aromatic carbocycles. The van der Waals surface area contributed by atoms with Gasteiger partial charge in [-0.3, -0.25) is 4.79 Å². The van der Waals surface area contributed by atoms with Crippen molar-refractivity contribution in [2.45, 2.75) is 49.9 Å². The fraction of sp³-hybridized carbons (Fsp3) is 0.450. The van der Waals surface area contributed by atoms with Crippen LogP contribution in [-0.4, -0.2) is 32.6 Å². The average Bonchev–Trinajstić information content (AvgIpc) is 3.35. The van der Waals surface area contributed by atoms with Crippen molar-refractivity contribution in [3.63, 3.8) is 0 Å². The van der Waals surface area contributed by atoms with Crippen LogP contribution in [0.1, 0.15) is 47.5 Å². The molecule has 3 aromatic rings. The number of hydrogen-bond acceptors (Lipinski definition) is 6. The molecule has 0 bridgehead atoms. The van der Waals surface area contributed by atoms with E-state index in [9.17, 15) is 13.6 Å². The number of alkyl halides is 2. The first-order valence-corrected chi connectivity index (χ1v) is 11.1. The summed E-state index contributed by atoms with van der Waals surface area (Å²) in [7, 11) is 0. The quantitative estimate of drug-likeness (QED) is 0.615. The van der Waals surface area contributed by atoms with Crippen molar-refractivity contribution in [2.24, 2.45) is 0 Å². The third kappa shape index (κ3) is 3.82. The highest BCUT2D eigenvalue weighted by Crippen LogP contribution is 2.54. The number of aromatic nitrogens is 4. The van der Waals surface area contributed by atoms with Gasteiger partial charge in [0.2, 0.25) is 5.56 Å². The standard InChI is InChI=1S/C20H20ClF2N5O2S/c1-11-5-19(18-13(4-16(21)31-18)20(22,23)10-30-19)6-14(25-11)15-9-28(27-26-15)8-12-2-3-17(29)24-7-12/h2-4,7,9,11,14,25H,5-6,8,10H2,1H3,(H,24,29)/t11-,14-,19-/m0/s1. The lowest BCUT2D eigenvalue weighted by Crippen LogP contribution is -2.51. The molecule has 0 aliphatic carbocycles. The van der Waals surface area contributed by atoms with Crippen LogP contribution in [0.2, 0.25) is 4.34 Å². The number of halogens is 3. The summed E-state index contributed by atoms with van der Waals surface area (Å²) >= 11 is 7.29. The van der Waals surface area contributed by atoms with Crippen LogP contribution in [0.4, 0.5) is 8.78 Å². The maximum absolute atomic E-state index is 14.5. The molecule has 2 aliphatic rings. The Balaban J connectivity index is 1.42. The fourth-order valence-electron chi connectivity index (χ4n) is 4.48. The maximum atomic E-state index is 14.5. The van der Waals surface area contributed by atoms with Gasteiger partial charge in [0.1, 0.15) is 12.2 Å². The van der Waals surface area contributed by atoms with Gasteiger partial charge in [0.05, 0.1) is 28.8 Å². The van der Waals surface area contributed by atoms with Crippen LogP contribution in [0.3, 0.4) is 0 Å². The number of aromatic amines is 1. The first-order chi connectivity index (χ1) is 14.7. The molecule has 0 amide bonds. The molecule has 5 heterocycles. The molecule has 1 spiro atoms. The number of pyridine rings is 1. The van der Waals surface area contributed by atoms with E-state index in [0.717, 1.165) is 5.56 Å². The Morgan fingerprint density at radius 3 is 3.00 bits per heavy atom. The first-order valence-electron chi connectivity index (χ1n) is 9.90. The van der Waals surface area contributed by atoms with Crippen LogP contribution >= 0.6 is 22.9 Å². The zero-order valence-corrected chi connectivity index (χ0v) is 18.1. The molecule has 1 fully saturated rings. The minimum absolute atomic E-state index is 0.0172. The van der Waals surface area contributed by atoms with Crippen LogP contribution in [0.15, 0.2) is 35.4 Å². The average molecular weight is 468 g/mol. The molecular weight excluding hydrogens is 448 g/mol. The Kier molecular flexibility index (Phi) is 5.00. The van der Waals surface area contributed by atoms with Gasteiger partial charge in [-0.15, -0.1) is 16.4 Å². The molecule has 2 N–H and O–H groups in total. The van der Waals surface area contributed by atoms with E-state index in [1.54, 1.807) is 16.9 Å². The van der Waals surface area contributed by atoms with Gasteiger partial charge in [0.15, 0.2) is 0 Å². The van der Waals surface area contributed by atoms with Gasteiger partial charge in [-0.1, -0.05) is 22.9 Å². The summed E-state index contributed by atoms with van der Waals surface area (Å²) in [5, 5.41) is 12.0. The number of thiophene rings is 1. The molecule has 3 atom stereocenters. The normalized spacial score (nSPS) is 27.4. The number of piperidine rings is 1. The summed E-state index contributed by atoms with van der Waals surface area (Å²) in [5.74, 6) is -3.05. The van der Waals surface area contributed by atoms with E-state index in [4.69, 9.17) is 16.3 Å². The lowest BCUT2D eigenvalue weighted by Gasteiger charge is -2.47. The van der Waals surface area contributed by atoms with Gasteiger partial charge in [0.25, 0.3) is 5.92 Å². The molecule has 0 saturated carbocycles. The predicted octanol–water partition coefficient (Wildman–Crippen LogP) is 3.56. The fourth-order valence-corrected chi connectivity index (χ4v) is 5.93. The largest absolute Gasteiger partial charge is 0.363 e. The predicted molar refractivity (Wildman–Crippen MR) is 112 cm³/mol. The Hall–Kier alpha value is -2.14. The van der Waals surface area contributed by atoms with Crippen molar-refractivity contribution < 1.29 is 13.5 Å². The van der Waals surface area contributed by atoms with Crippen molar-refractivity contribution in [2.75, 3.05) is 6.61 Å².